The van der Waals surface area contributed by atoms with Crippen molar-refractivity contribution in [1.82, 2.24) is 4.90 Å². The van der Waals surface area contributed by atoms with Crippen LogP contribution in [-0.2, 0) is 0 Å². The normalized spacial score (nSPS) is 8.92. The Bertz CT molecular complexity index is 132. The van der Waals surface area contributed by atoms with Gasteiger partial charge < -0.3 is 4.90 Å². The average Bonchev–Trinajstić information content (AvgIpc) is 1.99. The molecule has 0 bridgehead atoms. The lowest BCUT2D eigenvalue weighted by Crippen LogP contribution is -2.20. The number of rotatable bonds is 6. The van der Waals surface area contributed by atoms with E-state index in [9.17, 15) is 0 Å². The minimum Gasteiger partial charge on any atom is -0.306 e. The summed E-state index contributed by atoms with van der Waals surface area (Å²) in [6.45, 7) is 5.12. The highest BCUT2D eigenvalue weighted by molar-refractivity contribution is 5.85. The minimum absolute atomic E-state index is 0. The quantitative estimate of drug-likeness (QED) is 0.506. The highest BCUT2D eigenvalue weighted by atomic mass is 35.5. The maximum atomic E-state index is 6.54. The van der Waals surface area contributed by atoms with Gasteiger partial charge in [-0.3, -0.25) is 0 Å². The maximum Gasteiger partial charge on any atom is 0.0861 e. The van der Waals surface area contributed by atoms with Crippen molar-refractivity contribution in [2.45, 2.75) is 19.8 Å². The van der Waals surface area contributed by atoms with Gasteiger partial charge in [-0.15, -0.1) is 12.4 Å². The highest BCUT2D eigenvalue weighted by Crippen LogP contribution is 1.89. The van der Waals surface area contributed by atoms with Gasteiger partial charge in [0.2, 0.25) is 0 Å². The van der Waals surface area contributed by atoms with Gasteiger partial charge in [0.25, 0.3) is 0 Å². The summed E-state index contributed by atoms with van der Waals surface area (Å²) in [6.07, 6.45) is 2.23. The van der Waals surface area contributed by atoms with Crippen LogP contribution in [0.15, 0.2) is 4.99 Å². The zero-order chi connectivity index (χ0) is 8.53. The molecule has 0 fully saturated rings. The molecule has 12 heavy (non-hydrogen) atoms. The summed E-state index contributed by atoms with van der Waals surface area (Å²) in [5.74, 6) is 0. The van der Waals surface area contributed by atoms with E-state index in [-0.39, 0.29) is 12.4 Å². The third-order valence-electron chi connectivity index (χ3n) is 1.49. The number of halogens is 1. The first-order valence-corrected chi connectivity index (χ1v) is 4.08. The van der Waals surface area contributed by atoms with Gasteiger partial charge in [0.05, 0.1) is 12.6 Å². The van der Waals surface area contributed by atoms with Gasteiger partial charge in [-0.25, -0.2) is 10.4 Å². The molecule has 0 saturated carbocycles. The first-order chi connectivity index (χ1) is 5.31. The van der Waals surface area contributed by atoms with Crippen LogP contribution in [0.4, 0.5) is 0 Å². The van der Waals surface area contributed by atoms with E-state index in [0.29, 0.717) is 0 Å². The first-order valence-electron chi connectivity index (χ1n) is 4.08. The van der Waals surface area contributed by atoms with Crippen LogP contribution in [0.3, 0.4) is 0 Å². The van der Waals surface area contributed by atoms with Gasteiger partial charge in [0.1, 0.15) is 0 Å². The van der Waals surface area contributed by atoms with Crippen LogP contribution < -0.4 is 0 Å². The Kier molecular flexibility index (Phi) is 12.6. The molecular formula is C8H18ClN3. The van der Waals surface area contributed by atoms with E-state index in [1.807, 2.05) is 6.01 Å². The number of aliphatic imine (C=N–C) groups is 1. The summed E-state index contributed by atoms with van der Waals surface area (Å²) in [5, 5.41) is 6.54. The summed E-state index contributed by atoms with van der Waals surface area (Å²) in [4.78, 5) is 5.97. The van der Waals surface area contributed by atoms with Crippen LogP contribution in [0.1, 0.15) is 19.8 Å². The largest absolute Gasteiger partial charge is 0.306 e. The summed E-state index contributed by atoms with van der Waals surface area (Å²) >= 11 is 0. The third kappa shape index (κ3) is 9.63. The Balaban J connectivity index is 0. The van der Waals surface area contributed by atoms with Gasteiger partial charge in [0, 0.05) is 0 Å². The van der Waals surface area contributed by atoms with Crippen LogP contribution >= 0.6 is 12.4 Å². The van der Waals surface area contributed by atoms with Crippen molar-refractivity contribution in [1.29, 1.82) is 5.41 Å². The molecule has 0 aromatic rings. The van der Waals surface area contributed by atoms with E-state index >= 15 is 0 Å². The predicted molar refractivity (Wildman–Crippen MR) is 54.7 cm³/mol. The fourth-order valence-corrected chi connectivity index (χ4v) is 0.969. The first kappa shape index (κ1) is 14.2. The number of hydrogen-bond acceptors (Lipinski definition) is 3. The van der Waals surface area contributed by atoms with Crippen LogP contribution in [0, 0.1) is 5.41 Å². The van der Waals surface area contributed by atoms with E-state index in [2.05, 4.69) is 23.9 Å². The second kappa shape index (κ2) is 10.6. The van der Waals surface area contributed by atoms with Crippen molar-refractivity contribution >= 4 is 18.4 Å². The molecule has 1 N–H and O–H groups in total. The zero-order valence-corrected chi connectivity index (χ0v) is 8.65. The molecule has 0 amide bonds. The van der Waals surface area contributed by atoms with Crippen LogP contribution in [0.25, 0.3) is 0 Å². The SMILES string of the molecule is CCCN(C)CCCN=C=N.Cl. The molecule has 0 aliphatic rings. The van der Waals surface area contributed by atoms with Crippen molar-refractivity contribution < 1.29 is 0 Å². The van der Waals surface area contributed by atoms with Crippen LogP contribution in [0.2, 0.25) is 0 Å². The van der Waals surface area contributed by atoms with E-state index in [1.54, 1.807) is 0 Å². The van der Waals surface area contributed by atoms with Gasteiger partial charge >= 0.3 is 0 Å². The fourth-order valence-electron chi connectivity index (χ4n) is 0.969. The van der Waals surface area contributed by atoms with Crippen LogP contribution in [0.5, 0.6) is 0 Å². The maximum absolute atomic E-state index is 6.54. The highest BCUT2D eigenvalue weighted by Gasteiger charge is 1.93. The monoisotopic (exact) mass is 191 g/mol. The predicted octanol–water partition coefficient (Wildman–Crippen LogP) is 1.89. The smallest absolute Gasteiger partial charge is 0.0861 e. The van der Waals surface area contributed by atoms with Crippen molar-refractivity contribution in [3.63, 3.8) is 0 Å². The second-order valence-electron chi connectivity index (χ2n) is 2.65. The lowest BCUT2D eigenvalue weighted by Gasteiger charge is -2.13. The summed E-state index contributed by atoms with van der Waals surface area (Å²) in [6, 6.07) is 2.03. The minimum atomic E-state index is 0. The van der Waals surface area contributed by atoms with Gasteiger partial charge in [0.15, 0.2) is 0 Å². The topological polar surface area (TPSA) is 39.5 Å². The lowest BCUT2D eigenvalue weighted by atomic mass is 10.3. The van der Waals surface area contributed by atoms with Crippen LogP contribution in [-0.4, -0.2) is 37.6 Å². The van der Waals surface area contributed by atoms with Crippen molar-refractivity contribution in [2.24, 2.45) is 4.99 Å². The van der Waals surface area contributed by atoms with Crippen molar-refractivity contribution in [3.05, 3.63) is 0 Å². The Morgan fingerprint density at radius 3 is 2.58 bits per heavy atom. The second-order valence-corrected chi connectivity index (χ2v) is 2.65. The molecule has 0 atom stereocenters. The number of nitrogens with one attached hydrogen (secondary N) is 1. The molecule has 3 nitrogen and oxygen atoms in total. The van der Waals surface area contributed by atoms with Gasteiger partial charge in [-0.2, -0.15) is 0 Å². The Labute approximate surface area is 80.8 Å². The fraction of sp³-hybridized carbons (Fsp3) is 0.875. The van der Waals surface area contributed by atoms with E-state index in [1.165, 1.54) is 6.42 Å². The Morgan fingerprint density at radius 1 is 1.42 bits per heavy atom. The average molecular weight is 192 g/mol. The standard InChI is InChI=1S/C8H17N3.ClH/c1-3-6-11(2)7-4-5-10-8-9;/h9H,3-7H2,1-2H3;1H. The lowest BCUT2D eigenvalue weighted by molar-refractivity contribution is 0.332. The molecule has 0 aromatic carbocycles. The molecule has 0 radical (unpaired) electrons. The van der Waals surface area contributed by atoms with Crippen molar-refractivity contribution in [2.75, 3.05) is 26.7 Å². The van der Waals surface area contributed by atoms with Gasteiger partial charge in [-0.05, 0) is 33.0 Å². The van der Waals surface area contributed by atoms with Gasteiger partial charge in [-0.1, -0.05) is 6.92 Å². The van der Waals surface area contributed by atoms with E-state index in [0.717, 1.165) is 26.1 Å². The molecule has 4 heteroatoms. The van der Waals surface area contributed by atoms with E-state index < -0.39 is 0 Å². The summed E-state index contributed by atoms with van der Waals surface area (Å²) < 4.78 is 0. The molecule has 0 aliphatic carbocycles. The summed E-state index contributed by atoms with van der Waals surface area (Å²) in [5.41, 5.74) is 0. The molecule has 0 aromatic heterocycles. The zero-order valence-electron chi connectivity index (χ0n) is 7.84. The Hall–Kier alpha value is -0.370. The molecular weight excluding hydrogens is 174 g/mol. The molecule has 0 spiro atoms. The molecule has 0 heterocycles. The number of nitrogens with zero attached hydrogens (tertiary/aromatic N) is 2. The molecule has 72 valence electrons. The summed E-state index contributed by atoms with van der Waals surface area (Å²) in [7, 11) is 2.11. The molecule has 0 aliphatic heterocycles. The molecule has 0 unspecified atom stereocenters. The molecule has 0 rings (SSSR count). The third-order valence-corrected chi connectivity index (χ3v) is 1.49. The van der Waals surface area contributed by atoms with Crippen molar-refractivity contribution in [3.8, 4) is 0 Å². The Morgan fingerprint density at radius 2 is 2.08 bits per heavy atom. The van der Waals surface area contributed by atoms with E-state index in [4.69, 9.17) is 5.41 Å². The number of hydrogen-bond donors (Lipinski definition) is 1. The molecule has 0 saturated heterocycles.